The fraction of sp³-hybridized carbons (Fsp3) is 0.316. The topological polar surface area (TPSA) is 54.9 Å². The summed E-state index contributed by atoms with van der Waals surface area (Å²) < 4.78 is 23.7. The van der Waals surface area contributed by atoms with Gasteiger partial charge in [0.05, 0.1) is 20.8 Å². The van der Waals surface area contributed by atoms with Crippen LogP contribution in [0.1, 0.15) is 18.1 Å². The van der Waals surface area contributed by atoms with Crippen molar-refractivity contribution in [1.29, 1.82) is 0 Å². The zero-order valence-electron chi connectivity index (χ0n) is 15.2. The molecule has 0 unspecified atom stereocenters. The highest BCUT2D eigenvalue weighted by molar-refractivity contribution is 14.0. The molecular weight excluding hydrogens is 448 g/mol. The maximum Gasteiger partial charge on any atom is 0.191 e. The van der Waals surface area contributed by atoms with E-state index in [9.17, 15) is 4.39 Å². The van der Waals surface area contributed by atoms with Crippen molar-refractivity contribution in [2.45, 2.75) is 20.0 Å². The summed E-state index contributed by atoms with van der Waals surface area (Å²) in [6.45, 7) is 3.74. The monoisotopic (exact) mass is 473 g/mol. The van der Waals surface area contributed by atoms with Crippen LogP contribution in [0.3, 0.4) is 0 Å². The maximum absolute atomic E-state index is 13.0. The molecule has 5 nitrogen and oxygen atoms in total. The quantitative estimate of drug-likeness (QED) is 0.366. The molecule has 142 valence electrons. The second kappa shape index (κ2) is 11.6. The summed E-state index contributed by atoms with van der Waals surface area (Å²) in [7, 11) is 3.23. The Balaban J connectivity index is 0.00000338. The number of para-hydroxylation sites is 1. The predicted molar refractivity (Wildman–Crippen MR) is 113 cm³/mol. The van der Waals surface area contributed by atoms with Gasteiger partial charge in [-0.05, 0) is 30.7 Å². The highest BCUT2D eigenvalue weighted by Gasteiger charge is 2.09. The van der Waals surface area contributed by atoms with E-state index < -0.39 is 0 Å². The molecular formula is C19H25FIN3O2. The molecule has 0 heterocycles. The Morgan fingerprint density at radius 3 is 2.38 bits per heavy atom. The van der Waals surface area contributed by atoms with Crippen LogP contribution in [-0.2, 0) is 13.1 Å². The molecule has 0 saturated carbocycles. The summed E-state index contributed by atoms with van der Waals surface area (Å²) in [5, 5.41) is 6.47. The van der Waals surface area contributed by atoms with Crippen molar-refractivity contribution in [2.24, 2.45) is 4.99 Å². The Morgan fingerprint density at radius 2 is 1.77 bits per heavy atom. The average Bonchev–Trinajstić information content (AvgIpc) is 2.64. The second-order valence-electron chi connectivity index (χ2n) is 5.33. The molecule has 0 saturated heterocycles. The van der Waals surface area contributed by atoms with Crippen LogP contribution < -0.4 is 20.1 Å². The van der Waals surface area contributed by atoms with Crippen LogP contribution in [0.2, 0.25) is 0 Å². The number of rotatable bonds is 7. The van der Waals surface area contributed by atoms with E-state index in [0.717, 1.165) is 17.7 Å². The van der Waals surface area contributed by atoms with Gasteiger partial charge in [-0.25, -0.2) is 9.38 Å². The SMILES string of the molecule is CCNC(=NCc1ccc(F)cc1)NCc1cccc(OC)c1OC.I. The van der Waals surface area contributed by atoms with Crippen LogP contribution in [0.15, 0.2) is 47.5 Å². The standard InChI is InChI=1S/C19H24FN3O2.HI/c1-4-21-19(22-12-14-8-10-16(20)11-9-14)23-13-15-6-5-7-17(24-2)18(15)25-3;/h5-11H,4,12-13H2,1-3H3,(H2,21,22,23);1H. The Kier molecular flexibility index (Phi) is 9.79. The number of halogens is 2. The molecule has 2 aromatic rings. The molecule has 0 bridgehead atoms. The van der Waals surface area contributed by atoms with Crippen molar-refractivity contribution < 1.29 is 13.9 Å². The predicted octanol–water partition coefficient (Wildman–Crippen LogP) is 3.72. The molecule has 0 aliphatic rings. The van der Waals surface area contributed by atoms with Crippen molar-refractivity contribution in [3.8, 4) is 11.5 Å². The minimum atomic E-state index is -0.247. The van der Waals surface area contributed by atoms with Crippen molar-refractivity contribution in [2.75, 3.05) is 20.8 Å². The van der Waals surface area contributed by atoms with Crippen LogP contribution in [0.5, 0.6) is 11.5 Å². The Labute approximate surface area is 171 Å². The van der Waals surface area contributed by atoms with Crippen LogP contribution in [-0.4, -0.2) is 26.7 Å². The van der Waals surface area contributed by atoms with Crippen LogP contribution in [0.25, 0.3) is 0 Å². The van der Waals surface area contributed by atoms with Gasteiger partial charge in [0.15, 0.2) is 17.5 Å². The molecule has 26 heavy (non-hydrogen) atoms. The Morgan fingerprint density at radius 1 is 1.04 bits per heavy atom. The van der Waals surface area contributed by atoms with Gasteiger partial charge < -0.3 is 20.1 Å². The van der Waals surface area contributed by atoms with Gasteiger partial charge in [-0.3, -0.25) is 0 Å². The van der Waals surface area contributed by atoms with Gasteiger partial charge in [0.2, 0.25) is 0 Å². The summed E-state index contributed by atoms with van der Waals surface area (Å²) in [4.78, 5) is 4.53. The van der Waals surface area contributed by atoms with Crippen molar-refractivity contribution >= 4 is 29.9 Å². The van der Waals surface area contributed by atoms with Gasteiger partial charge in [-0.15, -0.1) is 24.0 Å². The van der Waals surface area contributed by atoms with E-state index in [1.54, 1.807) is 26.4 Å². The molecule has 0 aliphatic heterocycles. The number of hydrogen-bond donors (Lipinski definition) is 2. The highest BCUT2D eigenvalue weighted by atomic mass is 127. The van der Waals surface area contributed by atoms with E-state index in [-0.39, 0.29) is 29.8 Å². The van der Waals surface area contributed by atoms with Crippen molar-refractivity contribution in [3.05, 3.63) is 59.4 Å². The molecule has 2 rings (SSSR count). The lowest BCUT2D eigenvalue weighted by atomic mass is 10.2. The molecule has 7 heteroatoms. The lowest BCUT2D eigenvalue weighted by Crippen LogP contribution is -2.36. The first kappa shape index (κ1) is 22.0. The first-order chi connectivity index (χ1) is 12.2. The number of hydrogen-bond acceptors (Lipinski definition) is 3. The van der Waals surface area contributed by atoms with E-state index in [2.05, 4.69) is 15.6 Å². The van der Waals surface area contributed by atoms with E-state index in [1.165, 1.54) is 12.1 Å². The molecule has 0 aromatic heterocycles. The van der Waals surface area contributed by atoms with Crippen LogP contribution >= 0.6 is 24.0 Å². The second-order valence-corrected chi connectivity index (χ2v) is 5.33. The molecule has 0 radical (unpaired) electrons. The van der Waals surface area contributed by atoms with Gasteiger partial charge in [0.1, 0.15) is 5.82 Å². The first-order valence-electron chi connectivity index (χ1n) is 8.14. The Hall–Kier alpha value is -2.03. The molecule has 2 aromatic carbocycles. The van der Waals surface area contributed by atoms with Gasteiger partial charge in [-0.1, -0.05) is 24.3 Å². The highest BCUT2D eigenvalue weighted by Crippen LogP contribution is 2.30. The number of guanidine groups is 1. The maximum atomic E-state index is 13.0. The number of benzene rings is 2. The zero-order valence-corrected chi connectivity index (χ0v) is 17.5. The van der Waals surface area contributed by atoms with E-state index in [0.29, 0.717) is 30.5 Å². The number of nitrogens with one attached hydrogen (secondary N) is 2. The molecule has 0 atom stereocenters. The largest absolute Gasteiger partial charge is 0.493 e. The van der Waals surface area contributed by atoms with Crippen LogP contribution in [0, 0.1) is 5.82 Å². The molecule has 0 aliphatic carbocycles. The lowest BCUT2D eigenvalue weighted by molar-refractivity contribution is 0.351. The summed E-state index contributed by atoms with van der Waals surface area (Å²) in [6, 6.07) is 12.1. The fourth-order valence-electron chi connectivity index (χ4n) is 2.37. The Bertz CT molecular complexity index is 708. The van der Waals surface area contributed by atoms with Gasteiger partial charge in [0, 0.05) is 18.7 Å². The first-order valence-corrected chi connectivity index (χ1v) is 8.14. The number of methoxy groups -OCH3 is 2. The number of ether oxygens (including phenoxy) is 2. The van der Waals surface area contributed by atoms with E-state index in [1.807, 2.05) is 25.1 Å². The summed E-state index contributed by atoms with van der Waals surface area (Å²) in [5.41, 5.74) is 1.91. The molecule has 2 N–H and O–H groups in total. The van der Waals surface area contributed by atoms with Gasteiger partial charge >= 0.3 is 0 Å². The van der Waals surface area contributed by atoms with Crippen molar-refractivity contribution in [3.63, 3.8) is 0 Å². The van der Waals surface area contributed by atoms with Gasteiger partial charge in [-0.2, -0.15) is 0 Å². The number of nitrogens with zero attached hydrogens (tertiary/aromatic N) is 1. The molecule has 0 amide bonds. The molecule has 0 fully saturated rings. The normalized spacial score (nSPS) is 10.7. The van der Waals surface area contributed by atoms with E-state index in [4.69, 9.17) is 9.47 Å². The summed E-state index contributed by atoms with van der Waals surface area (Å²) in [5.74, 6) is 1.82. The van der Waals surface area contributed by atoms with Gasteiger partial charge in [0.25, 0.3) is 0 Å². The van der Waals surface area contributed by atoms with E-state index >= 15 is 0 Å². The number of aliphatic imine (C=N–C) groups is 1. The van der Waals surface area contributed by atoms with Crippen LogP contribution in [0.4, 0.5) is 4.39 Å². The third kappa shape index (κ3) is 6.36. The zero-order chi connectivity index (χ0) is 18.1. The minimum Gasteiger partial charge on any atom is -0.493 e. The lowest BCUT2D eigenvalue weighted by Gasteiger charge is -2.15. The molecule has 0 spiro atoms. The van der Waals surface area contributed by atoms with Crippen molar-refractivity contribution in [1.82, 2.24) is 10.6 Å². The third-order valence-corrected chi connectivity index (χ3v) is 3.61. The fourth-order valence-corrected chi connectivity index (χ4v) is 2.37. The smallest absolute Gasteiger partial charge is 0.191 e. The third-order valence-electron chi connectivity index (χ3n) is 3.61. The summed E-state index contributed by atoms with van der Waals surface area (Å²) in [6.07, 6.45) is 0. The average molecular weight is 473 g/mol. The summed E-state index contributed by atoms with van der Waals surface area (Å²) >= 11 is 0. The minimum absolute atomic E-state index is 0.